The molecule has 9 nitrogen and oxygen atoms in total. The molecule has 9 heteroatoms. The molecule has 2 amide bonds. The summed E-state index contributed by atoms with van der Waals surface area (Å²) in [5, 5.41) is 15.0. The summed E-state index contributed by atoms with van der Waals surface area (Å²) in [4.78, 5) is 53.0. The molecule has 4 rings (SSSR count). The molecule has 1 aliphatic heterocycles. The molecule has 1 aliphatic rings. The molecule has 1 aromatic heterocycles. The number of hydrogen-bond donors (Lipinski definition) is 4. The number of anilines is 1. The third kappa shape index (κ3) is 5.30. The van der Waals surface area contributed by atoms with E-state index in [1.54, 1.807) is 63.2 Å². The van der Waals surface area contributed by atoms with Crippen molar-refractivity contribution in [2.75, 3.05) is 11.9 Å². The fraction of sp³-hybridized carbons (Fsp3) is 0.214. The van der Waals surface area contributed by atoms with Crippen LogP contribution in [0.15, 0.2) is 48.5 Å². The molecule has 0 unspecified atom stereocenters. The van der Waals surface area contributed by atoms with Crippen molar-refractivity contribution in [2.45, 2.75) is 33.2 Å². The summed E-state index contributed by atoms with van der Waals surface area (Å²) >= 11 is 0. The number of aromatic nitrogens is 1. The highest BCUT2D eigenvalue weighted by atomic mass is 16.5. The predicted molar refractivity (Wildman–Crippen MR) is 138 cm³/mol. The fourth-order valence-corrected chi connectivity index (χ4v) is 4.34. The van der Waals surface area contributed by atoms with Gasteiger partial charge in [0.05, 0.1) is 17.7 Å². The number of rotatable bonds is 8. The van der Waals surface area contributed by atoms with Gasteiger partial charge in [0.15, 0.2) is 0 Å². The molecule has 0 spiro atoms. The zero-order valence-electron chi connectivity index (χ0n) is 20.7. The van der Waals surface area contributed by atoms with Gasteiger partial charge in [-0.15, -0.1) is 0 Å². The first kappa shape index (κ1) is 25.4. The predicted octanol–water partition coefficient (Wildman–Crippen LogP) is 3.73. The van der Waals surface area contributed by atoms with E-state index in [1.165, 1.54) is 6.07 Å². The van der Waals surface area contributed by atoms with Crippen molar-refractivity contribution < 1.29 is 29.0 Å². The van der Waals surface area contributed by atoms with Crippen LogP contribution in [0.1, 0.15) is 55.7 Å². The molecule has 0 radical (unpaired) electrons. The molecule has 1 atom stereocenters. The van der Waals surface area contributed by atoms with Crippen LogP contribution in [0.4, 0.5) is 5.69 Å². The number of nitrogens with one attached hydrogen (secondary N) is 3. The first-order chi connectivity index (χ1) is 17.7. The van der Waals surface area contributed by atoms with Crippen molar-refractivity contribution in [1.29, 1.82) is 0 Å². The number of aromatic amines is 1. The quantitative estimate of drug-likeness (QED) is 0.274. The first-order valence-electron chi connectivity index (χ1n) is 11.8. The van der Waals surface area contributed by atoms with E-state index in [-0.39, 0.29) is 24.5 Å². The van der Waals surface area contributed by atoms with Crippen LogP contribution in [-0.2, 0) is 20.7 Å². The van der Waals surface area contributed by atoms with Gasteiger partial charge in [0, 0.05) is 34.6 Å². The molecular weight excluding hydrogens is 474 g/mol. The molecule has 4 N–H and O–H groups in total. The van der Waals surface area contributed by atoms with Crippen molar-refractivity contribution in [3.63, 3.8) is 0 Å². The van der Waals surface area contributed by atoms with E-state index in [0.29, 0.717) is 39.3 Å². The van der Waals surface area contributed by atoms with Gasteiger partial charge < -0.3 is 25.5 Å². The zero-order valence-corrected chi connectivity index (χ0v) is 20.7. The van der Waals surface area contributed by atoms with Gasteiger partial charge >= 0.3 is 11.9 Å². The SMILES string of the molecule is CCOC(=O)c1c(C)[nH]c(/C=C2\C(=O)Nc3ccc(C(=O)N[C@H](Cc4ccccc4)C(=O)O)cc32)c1C. The Morgan fingerprint density at radius 3 is 2.51 bits per heavy atom. The monoisotopic (exact) mass is 501 g/mol. The number of esters is 1. The number of aryl methyl sites for hydroxylation is 1. The third-order valence-electron chi connectivity index (χ3n) is 6.20. The molecule has 0 aliphatic carbocycles. The van der Waals surface area contributed by atoms with Crippen molar-refractivity contribution in [3.05, 3.63) is 87.7 Å². The Morgan fingerprint density at radius 2 is 1.84 bits per heavy atom. The van der Waals surface area contributed by atoms with Crippen LogP contribution in [0.5, 0.6) is 0 Å². The Morgan fingerprint density at radius 1 is 1.11 bits per heavy atom. The highest BCUT2D eigenvalue weighted by Crippen LogP contribution is 2.35. The van der Waals surface area contributed by atoms with Gasteiger partial charge in [-0.25, -0.2) is 9.59 Å². The lowest BCUT2D eigenvalue weighted by Gasteiger charge is -2.15. The zero-order chi connectivity index (χ0) is 26.7. The van der Waals surface area contributed by atoms with Crippen molar-refractivity contribution in [1.82, 2.24) is 10.3 Å². The first-order valence-corrected chi connectivity index (χ1v) is 11.8. The second-order valence-corrected chi connectivity index (χ2v) is 8.71. The minimum atomic E-state index is -1.15. The summed E-state index contributed by atoms with van der Waals surface area (Å²) in [5.74, 6) is -2.52. The minimum Gasteiger partial charge on any atom is -0.480 e. The number of aliphatic carboxylic acids is 1. The summed E-state index contributed by atoms with van der Waals surface area (Å²) in [6.07, 6.45) is 1.76. The number of benzene rings is 2. The van der Waals surface area contributed by atoms with Gasteiger partial charge in [0.25, 0.3) is 11.8 Å². The highest BCUT2D eigenvalue weighted by molar-refractivity contribution is 6.35. The van der Waals surface area contributed by atoms with E-state index < -0.39 is 23.9 Å². The lowest BCUT2D eigenvalue weighted by atomic mass is 10.0. The Labute approximate surface area is 213 Å². The maximum Gasteiger partial charge on any atom is 0.340 e. The lowest BCUT2D eigenvalue weighted by Crippen LogP contribution is -2.42. The Hall–Kier alpha value is -4.66. The van der Waals surface area contributed by atoms with Crippen LogP contribution >= 0.6 is 0 Å². The van der Waals surface area contributed by atoms with E-state index in [4.69, 9.17) is 4.74 Å². The normalized spacial score (nSPS) is 14.1. The number of carboxylic acids is 1. The van der Waals surface area contributed by atoms with Crippen LogP contribution in [0.3, 0.4) is 0 Å². The van der Waals surface area contributed by atoms with Gasteiger partial charge in [0.1, 0.15) is 6.04 Å². The highest BCUT2D eigenvalue weighted by Gasteiger charge is 2.28. The molecule has 190 valence electrons. The number of amides is 2. The van der Waals surface area contributed by atoms with Crippen molar-refractivity contribution in [3.8, 4) is 0 Å². The molecule has 0 fully saturated rings. The third-order valence-corrected chi connectivity index (χ3v) is 6.20. The van der Waals surface area contributed by atoms with Crippen LogP contribution in [0.2, 0.25) is 0 Å². The molecule has 0 bridgehead atoms. The average molecular weight is 502 g/mol. The number of fused-ring (bicyclic) bond motifs is 1. The summed E-state index contributed by atoms with van der Waals surface area (Å²) in [7, 11) is 0. The maximum absolute atomic E-state index is 13.0. The van der Waals surface area contributed by atoms with Gasteiger partial charge in [-0.2, -0.15) is 0 Å². The Kier molecular flexibility index (Phi) is 7.24. The number of carboxylic acid groups (broad SMARTS) is 1. The molecule has 2 heterocycles. The number of ether oxygens (including phenoxy) is 1. The average Bonchev–Trinajstić information content (AvgIpc) is 3.33. The number of carbonyl (C=O) groups is 4. The number of hydrogen-bond acceptors (Lipinski definition) is 5. The van der Waals surface area contributed by atoms with Crippen LogP contribution in [-0.4, -0.2) is 46.5 Å². The fourth-order valence-electron chi connectivity index (χ4n) is 4.34. The summed E-state index contributed by atoms with van der Waals surface area (Å²) < 4.78 is 5.13. The van der Waals surface area contributed by atoms with E-state index in [2.05, 4.69) is 15.6 Å². The number of H-pyrrole nitrogens is 1. The van der Waals surface area contributed by atoms with Gasteiger partial charge in [-0.1, -0.05) is 30.3 Å². The Balaban J connectivity index is 1.62. The van der Waals surface area contributed by atoms with Crippen LogP contribution in [0, 0.1) is 13.8 Å². The second-order valence-electron chi connectivity index (χ2n) is 8.71. The molecule has 0 saturated heterocycles. The molecule has 3 aromatic rings. The van der Waals surface area contributed by atoms with E-state index in [9.17, 15) is 24.3 Å². The molecule has 37 heavy (non-hydrogen) atoms. The van der Waals surface area contributed by atoms with Gasteiger partial charge in [-0.3, -0.25) is 9.59 Å². The minimum absolute atomic E-state index is 0.131. The van der Waals surface area contributed by atoms with Crippen molar-refractivity contribution in [2.24, 2.45) is 0 Å². The van der Waals surface area contributed by atoms with Crippen molar-refractivity contribution >= 4 is 41.1 Å². The van der Waals surface area contributed by atoms with E-state index >= 15 is 0 Å². The van der Waals surface area contributed by atoms with Gasteiger partial charge in [-0.05, 0) is 56.2 Å². The molecular formula is C28H27N3O6. The van der Waals surface area contributed by atoms with Crippen LogP contribution in [0.25, 0.3) is 11.6 Å². The summed E-state index contributed by atoms with van der Waals surface area (Å²) in [6, 6.07) is 12.6. The number of carbonyl (C=O) groups excluding carboxylic acids is 3. The smallest absolute Gasteiger partial charge is 0.340 e. The van der Waals surface area contributed by atoms with Crippen LogP contribution < -0.4 is 10.6 Å². The molecule has 0 saturated carbocycles. The maximum atomic E-state index is 13.0. The molecule has 2 aromatic carbocycles. The Bertz CT molecular complexity index is 1420. The second kappa shape index (κ2) is 10.5. The summed E-state index contributed by atoms with van der Waals surface area (Å²) in [5.41, 5.74) is 4.58. The van der Waals surface area contributed by atoms with E-state index in [1.807, 2.05) is 6.07 Å². The van der Waals surface area contributed by atoms with Gasteiger partial charge in [0.2, 0.25) is 0 Å². The summed E-state index contributed by atoms with van der Waals surface area (Å²) in [6.45, 7) is 5.49. The topological polar surface area (TPSA) is 138 Å². The standard InChI is InChI=1S/C28H27N3O6/c1-4-37-28(36)24-15(2)22(29-16(24)3)14-20-19-13-18(10-11-21(19)30-26(20)33)25(32)31-23(27(34)35)12-17-8-6-5-7-9-17/h5-11,13-14,23,29H,4,12H2,1-3H3,(H,30,33)(H,31,32)(H,34,35)/b20-14-/t23-/m1/s1. The lowest BCUT2D eigenvalue weighted by molar-refractivity contribution is -0.139. The van der Waals surface area contributed by atoms with E-state index in [0.717, 1.165) is 5.56 Å². The largest absolute Gasteiger partial charge is 0.480 e.